The fourth-order valence-corrected chi connectivity index (χ4v) is 2.70. The van der Waals surface area contributed by atoms with E-state index in [0.717, 1.165) is 16.9 Å². The van der Waals surface area contributed by atoms with Crippen LogP contribution in [0.15, 0.2) is 54.9 Å². The van der Waals surface area contributed by atoms with Gasteiger partial charge in [-0.25, -0.2) is 14.3 Å². The topological polar surface area (TPSA) is 91.6 Å². The Balaban J connectivity index is 1.62. The number of urea groups is 1. The van der Waals surface area contributed by atoms with E-state index >= 15 is 0 Å². The molecule has 1 aromatic carbocycles. The molecule has 2 aromatic heterocycles. The molecule has 3 aromatic rings. The molecule has 0 radical (unpaired) electrons. The maximum absolute atomic E-state index is 12.3. The van der Waals surface area contributed by atoms with Crippen LogP contribution in [0.25, 0.3) is 5.65 Å². The average Bonchev–Trinajstić information content (AvgIpc) is 3.13. The summed E-state index contributed by atoms with van der Waals surface area (Å²) in [5, 5.41) is 19.1. The summed E-state index contributed by atoms with van der Waals surface area (Å²) in [6.45, 7) is 0.439. The lowest BCUT2D eigenvalue weighted by Gasteiger charge is -2.19. The number of aliphatic hydroxyl groups excluding tert-OH is 1. The van der Waals surface area contributed by atoms with E-state index in [4.69, 9.17) is 5.11 Å². The van der Waals surface area contributed by atoms with Gasteiger partial charge in [0.15, 0.2) is 5.65 Å². The second kappa shape index (κ2) is 8.25. The van der Waals surface area contributed by atoms with Gasteiger partial charge in [0.1, 0.15) is 0 Å². The van der Waals surface area contributed by atoms with Gasteiger partial charge < -0.3 is 15.7 Å². The van der Waals surface area contributed by atoms with Crippen molar-refractivity contribution in [2.75, 3.05) is 6.61 Å². The number of hydrogen-bond acceptors (Lipinski definition) is 4. The van der Waals surface area contributed by atoms with Crippen molar-refractivity contribution in [3.05, 3.63) is 66.1 Å². The van der Waals surface area contributed by atoms with Gasteiger partial charge in [0, 0.05) is 18.9 Å². The van der Waals surface area contributed by atoms with Crippen LogP contribution in [0, 0.1) is 0 Å². The van der Waals surface area contributed by atoms with Crippen LogP contribution in [-0.2, 0) is 6.54 Å². The highest BCUT2D eigenvalue weighted by Crippen LogP contribution is 2.17. The summed E-state index contributed by atoms with van der Waals surface area (Å²) in [5.41, 5.74) is 2.60. The molecule has 3 N–H and O–H groups in total. The van der Waals surface area contributed by atoms with Crippen molar-refractivity contribution in [1.82, 2.24) is 25.2 Å². The molecule has 0 saturated carbocycles. The number of aromatic nitrogens is 3. The Morgan fingerprint density at radius 1 is 1.16 bits per heavy atom. The van der Waals surface area contributed by atoms with E-state index in [0.29, 0.717) is 19.4 Å². The van der Waals surface area contributed by atoms with Gasteiger partial charge in [-0.3, -0.25) is 0 Å². The number of amides is 2. The summed E-state index contributed by atoms with van der Waals surface area (Å²) in [6.07, 6.45) is 4.66. The van der Waals surface area contributed by atoms with Gasteiger partial charge >= 0.3 is 6.03 Å². The van der Waals surface area contributed by atoms with E-state index in [1.807, 2.05) is 42.5 Å². The van der Waals surface area contributed by atoms with Crippen LogP contribution >= 0.6 is 0 Å². The highest BCUT2D eigenvalue weighted by molar-refractivity contribution is 5.74. The molecule has 0 bridgehead atoms. The summed E-state index contributed by atoms with van der Waals surface area (Å²) in [7, 11) is 0. The number of fused-ring (bicyclic) bond motifs is 1. The Labute approximate surface area is 145 Å². The Morgan fingerprint density at radius 3 is 2.80 bits per heavy atom. The van der Waals surface area contributed by atoms with Gasteiger partial charge in [-0.1, -0.05) is 30.3 Å². The quantitative estimate of drug-likeness (QED) is 0.614. The molecule has 7 heteroatoms. The van der Waals surface area contributed by atoms with E-state index in [2.05, 4.69) is 20.7 Å². The molecule has 2 amide bonds. The van der Waals surface area contributed by atoms with Gasteiger partial charge in [0.25, 0.3) is 0 Å². The van der Waals surface area contributed by atoms with Crippen LogP contribution in [0.3, 0.4) is 0 Å². The first-order valence-corrected chi connectivity index (χ1v) is 8.25. The van der Waals surface area contributed by atoms with E-state index in [-0.39, 0.29) is 18.7 Å². The third-order valence-corrected chi connectivity index (χ3v) is 3.96. The zero-order chi connectivity index (χ0) is 17.5. The Hall–Kier alpha value is -2.93. The molecular formula is C18H21N5O2. The highest BCUT2D eigenvalue weighted by Gasteiger charge is 2.14. The first-order valence-electron chi connectivity index (χ1n) is 8.25. The zero-order valence-electron chi connectivity index (χ0n) is 13.8. The van der Waals surface area contributed by atoms with Crippen molar-refractivity contribution in [3.63, 3.8) is 0 Å². The van der Waals surface area contributed by atoms with Crippen molar-refractivity contribution in [2.45, 2.75) is 25.4 Å². The molecule has 0 aliphatic rings. The minimum absolute atomic E-state index is 0.0981. The molecule has 1 unspecified atom stereocenters. The Morgan fingerprint density at radius 2 is 2.00 bits per heavy atom. The first kappa shape index (κ1) is 16.9. The normalized spacial score (nSPS) is 12.0. The van der Waals surface area contributed by atoms with Crippen LogP contribution in [0.4, 0.5) is 4.79 Å². The predicted octanol–water partition coefficient (Wildman–Crippen LogP) is 2.04. The SMILES string of the molecule is O=C(NCc1ccnc2ccnn12)NC(CCCO)c1ccccc1. The molecule has 0 spiro atoms. The van der Waals surface area contributed by atoms with Gasteiger partial charge in [-0.05, 0) is 24.5 Å². The largest absolute Gasteiger partial charge is 0.396 e. The van der Waals surface area contributed by atoms with E-state index in [1.165, 1.54) is 0 Å². The van der Waals surface area contributed by atoms with Crippen LogP contribution in [0.1, 0.15) is 30.1 Å². The highest BCUT2D eigenvalue weighted by atomic mass is 16.3. The summed E-state index contributed by atoms with van der Waals surface area (Å²) in [4.78, 5) is 16.5. The first-order chi connectivity index (χ1) is 12.3. The van der Waals surface area contributed by atoms with Crippen molar-refractivity contribution in [3.8, 4) is 0 Å². The summed E-state index contributed by atoms with van der Waals surface area (Å²) in [6, 6.07) is 13.0. The molecule has 130 valence electrons. The fraction of sp³-hybridized carbons (Fsp3) is 0.278. The number of carbonyl (C=O) groups excluding carboxylic acids is 1. The van der Waals surface area contributed by atoms with Crippen LogP contribution < -0.4 is 10.6 Å². The average molecular weight is 339 g/mol. The third kappa shape index (κ3) is 4.33. The number of aliphatic hydroxyl groups is 1. The lowest BCUT2D eigenvalue weighted by atomic mass is 10.0. The Kier molecular flexibility index (Phi) is 5.58. The Bertz CT molecular complexity index is 818. The van der Waals surface area contributed by atoms with Crippen LogP contribution in [-0.4, -0.2) is 32.3 Å². The third-order valence-electron chi connectivity index (χ3n) is 3.96. The number of benzene rings is 1. The zero-order valence-corrected chi connectivity index (χ0v) is 13.8. The number of rotatable bonds is 7. The minimum atomic E-state index is -0.260. The van der Waals surface area contributed by atoms with E-state index in [1.54, 1.807) is 16.9 Å². The molecular weight excluding hydrogens is 318 g/mol. The lowest BCUT2D eigenvalue weighted by molar-refractivity contribution is 0.232. The van der Waals surface area contributed by atoms with Gasteiger partial charge in [0.2, 0.25) is 0 Å². The maximum Gasteiger partial charge on any atom is 0.315 e. The molecule has 3 rings (SSSR count). The summed E-state index contributed by atoms with van der Waals surface area (Å²) >= 11 is 0. The van der Waals surface area contributed by atoms with Crippen molar-refractivity contribution >= 4 is 11.7 Å². The van der Waals surface area contributed by atoms with Crippen molar-refractivity contribution < 1.29 is 9.90 Å². The molecule has 7 nitrogen and oxygen atoms in total. The van der Waals surface area contributed by atoms with Gasteiger partial charge in [-0.15, -0.1) is 0 Å². The summed E-state index contributed by atoms with van der Waals surface area (Å²) < 4.78 is 1.70. The second-order valence-corrected chi connectivity index (χ2v) is 5.69. The standard InChI is InChI=1S/C18H21N5O2/c24-12-4-7-16(14-5-2-1-3-6-14)22-18(25)20-13-15-8-10-19-17-9-11-21-23(15)17/h1-3,5-6,8-11,16,24H,4,7,12-13H2,(H2,20,22,25). The molecule has 0 aliphatic heterocycles. The van der Waals surface area contributed by atoms with Crippen molar-refractivity contribution in [1.29, 1.82) is 0 Å². The van der Waals surface area contributed by atoms with Crippen molar-refractivity contribution in [2.24, 2.45) is 0 Å². The predicted molar refractivity (Wildman–Crippen MR) is 93.9 cm³/mol. The maximum atomic E-state index is 12.3. The smallest absolute Gasteiger partial charge is 0.315 e. The van der Waals surface area contributed by atoms with Gasteiger partial charge in [0.05, 0.1) is 24.5 Å². The number of nitrogens with zero attached hydrogens (tertiary/aromatic N) is 3. The molecule has 0 saturated heterocycles. The molecule has 1 atom stereocenters. The molecule has 0 aliphatic carbocycles. The number of hydrogen-bond donors (Lipinski definition) is 3. The van der Waals surface area contributed by atoms with Crippen LogP contribution in [0.5, 0.6) is 0 Å². The fourth-order valence-electron chi connectivity index (χ4n) is 2.70. The molecule has 0 fully saturated rings. The van der Waals surface area contributed by atoms with E-state index < -0.39 is 0 Å². The van der Waals surface area contributed by atoms with Gasteiger partial charge in [-0.2, -0.15) is 5.10 Å². The summed E-state index contributed by atoms with van der Waals surface area (Å²) in [5.74, 6) is 0. The molecule has 2 heterocycles. The molecule has 25 heavy (non-hydrogen) atoms. The number of nitrogens with one attached hydrogen (secondary N) is 2. The second-order valence-electron chi connectivity index (χ2n) is 5.69. The minimum Gasteiger partial charge on any atom is -0.396 e. The monoisotopic (exact) mass is 339 g/mol. The lowest BCUT2D eigenvalue weighted by Crippen LogP contribution is -2.38. The number of carbonyl (C=O) groups is 1. The van der Waals surface area contributed by atoms with E-state index in [9.17, 15) is 4.79 Å². The van der Waals surface area contributed by atoms with Crippen LogP contribution in [0.2, 0.25) is 0 Å².